The van der Waals surface area contributed by atoms with Gasteiger partial charge in [0.2, 0.25) is 0 Å². The van der Waals surface area contributed by atoms with Crippen molar-refractivity contribution in [3.8, 4) is 0 Å². The Hall–Kier alpha value is -1.62. The van der Waals surface area contributed by atoms with Crippen molar-refractivity contribution < 1.29 is 0 Å². The van der Waals surface area contributed by atoms with E-state index in [1.54, 1.807) is 0 Å². The molecule has 0 aliphatic heterocycles. The van der Waals surface area contributed by atoms with E-state index in [9.17, 15) is 0 Å². The lowest BCUT2D eigenvalue weighted by atomic mass is 10.2. The zero-order valence-corrected chi connectivity index (χ0v) is 12.9. The highest BCUT2D eigenvalue weighted by atomic mass is 79.9. The van der Waals surface area contributed by atoms with Crippen molar-refractivity contribution >= 4 is 33.3 Å². The number of rotatable bonds is 3. The van der Waals surface area contributed by atoms with Gasteiger partial charge in [0.15, 0.2) is 0 Å². The molecule has 1 heterocycles. The van der Waals surface area contributed by atoms with Crippen LogP contribution in [-0.4, -0.2) is 9.97 Å². The Bertz CT molecular complexity index is 611. The third-order valence-electron chi connectivity index (χ3n) is 3.00. The normalized spacial score (nSPS) is 10.5. The van der Waals surface area contributed by atoms with E-state index in [2.05, 4.69) is 38.1 Å². The molecule has 0 atom stereocenters. The highest BCUT2D eigenvalue weighted by Gasteiger charge is 2.09. The van der Waals surface area contributed by atoms with E-state index in [0.29, 0.717) is 5.82 Å². The van der Waals surface area contributed by atoms with Crippen molar-refractivity contribution in [2.24, 2.45) is 0 Å². The van der Waals surface area contributed by atoms with E-state index in [-0.39, 0.29) is 0 Å². The minimum Gasteiger partial charge on any atom is -0.383 e. The molecule has 0 bridgehead atoms. The summed E-state index contributed by atoms with van der Waals surface area (Å²) in [5.41, 5.74) is 8.95. The summed E-state index contributed by atoms with van der Waals surface area (Å²) in [4.78, 5) is 8.75. The molecule has 0 spiro atoms. The predicted molar refractivity (Wildman–Crippen MR) is 82.7 cm³/mol. The van der Waals surface area contributed by atoms with Gasteiger partial charge in [-0.05, 0) is 31.5 Å². The number of nitrogens with zero attached hydrogens (tertiary/aromatic N) is 2. The van der Waals surface area contributed by atoms with Crippen molar-refractivity contribution in [2.75, 3.05) is 11.1 Å². The molecule has 5 heteroatoms. The standard InChI is InChI=1S/C14H17BrN4/c1-4-12-18-13(16)9(3)14(19-12)17-11-7-10(15)6-5-8(11)2/h5-7H,4H2,1-3H3,(H3,16,17,18,19). The minimum absolute atomic E-state index is 0.530. The Kier molecular flexibility index (Phi) is 4.04. The molecule has 1 aromatic heterocycles. The van der Waals surface area contributed by atoms with Crippen molar-refractivity contribution in [1.82, 2.24) is 9.97 Å². The maximum atomic E-state index is 5.92. The van der Waals surface area contributed by atoms with Gasteiger partial charge >= 0.3 is 0 Å². The van der Waals surface area contributed by atoms with E-state index < -0.39 is 0 Å². The van der Waals surface area contributed by atoms with Gasteiger partial charge < -0.3 is 11.1 Å². The summed E-state index contributed by atoms with van der Waals surface area (Å²) in [6.07, 6.45) is 0.761. The fourth-order valence-corrected chi connectivity index (χ4v) is 2.08. The Balaban J connectivity index is 2.42. The monoisotopic (exact) mass is 320 g/mol. The lowest BCUT2D eigenvalue weighted by Crippen LogP contribution is -2.07. The molecule has 2 rings (SSSR count). The van der Waals surface area contributed by atoms with Crippen LogP contribution in [0.5, 0.6) is 0 Å². The van der Waals surface area contributed by atoms with E-state index in [1.165, 1.54) is 0 Å². The topological polar surface area (TPSA) is 63.8 Å². The summed E-state index contributed by atoms with van der Waals surface area (Å²) in [5.74, 6) is 2.05. The molecule has 0 amide bonds. The molecule has 19 heavy (non-hydrogen) atoms. The molecule has 0 unspecified atom stereocenters. The summed E-state index contributed by atoms with van der Waals surface area (Å²) in [7, 11) is 0. The highest BCUT2D eigenvalue weighted by Crippen LogP contribution is 2.26. The second kappa shape index (κ2) is 5.57. The maximum absolute atomic E-state index is 5.92. The number of benzene rings is 1. The quantitative estimate of drug-likeness (QED) is 0.904. The molecule has 0 saturated carbocycles. The molecular weight excluding hydrogens is 304 g/mol. The van der Waals surface area contributed by atoms with Gasteiger partial charge in [0, 0.05) is 22.1 Å². The van der Waals surface area contributed by atoms with E-state index in [0.717, 1.165) is 39.4 Å². The first-order valence-electron chi connectivity index (χ1n) is 6.17. The number of aromatic nitrogens is 2. The third kappa shape index (κ3) is 3.04. The van der Waals surface area contributed by atoms with Crippen LogP contribution in [0.2, 0.25) is 0 Å². The molecule has 0 saturated heterocycles. The first kappa shape index (κ1) is 13.8. The predicted octanol–water partition coefficient (Wildman–Crippen LogP) is 3.74. The van der Waals surface area contributed by atoms with Gasteiger partial charge in [-0.3, -0.25) is 0 Å². The minimum atomic E-state index is 0.530. The van der Waals surface area contributed by atoms with Crippen molar-refractivity contribution in [2.45, 2.75) is 27.2 Å². The Morgan fingerprint density at radius 3 is 2.68 bits per heavy atom. The van der Waals surface area contributed by atoms with Crippen molar-refractivity contribution in [1.29, 1.82) is 0 Å². The number of nitrogens with one attached hydrogen (secondary N) is 1. The number of anilines is 3. The van der Waals surface area contributed by atoms with Crippen LogP contribution in [0.25, 0.3) is 0 Å². The van der Waals surface area contributed by atoms with Gasteiger partial charge in [-0.25, -0.2) is 9.97 Å². The first-order valence-corrected chi connectivity index (χ1v) is 6.96. The van der Waals surface area contributed by atoms with E-state index in [1.807, 2.05) is 32.0 Å². The number of hydrogen-bond donors (Lipinski definition) is 2. The number of nitrogen functional groups attached to an aromatic ring is 1. The second-order valence-corrected chi connectivity index (χ2v) is 5.35. The van der Waals surface area contributed by atoms with Gasteiger partial charge in [-0.15, -0.1) is 0 Å². The SMILES string of the molecule is CCc1nc(N)c(C)c(Nc2cc(Br)ccc2C)n1. The van der Waals surface area contributed by atoms with Crippen LogP contribution in [0.1, 0.15) is 23.9 Å². The molecule has 0 radical (unpaired) electrons. The zero-order chi connectivity index (χ0) is 14.0. The average Bonchev–Trinajstić information content (AvgIpc) is 2.38. The molecule has 4 nitrogen and oxygen atoms in total. The molecule has 2 aromatic rings. The molecule has 1 aromatic carbocycles. The molecular formula is C14H17BrN4. The molecule has 0 fully saturated rings. The van der Waals surface area contributed by atoms with Gasteiger partial charge in [0.25, 0.3) is 0 Å². The smallest absolute Gasteiger partial charge is 0.139 e. The van der Waals surface area contributed by atoms with Gasteiger partial charge in [0.1, 0.15) is 17.5 Å². The summed E-state index contributed by atoms with van der Waals surface area (Å²) >= 11 is 3.47. The van der Waals surface area contributed by atoms with Gasteiger partial charge in [-0.2, -0.15) is 0 Å². The van der Waals surface area contributed by atoms with Crippen LogP contribution >= 0.6 is 15.9 Å². The maximum Gasteiger partial charge on any atom is 0.139 e. The van der Waals surface area contributed by atoms with Crippen LogP contribution in [0, 0.1) is 13.8 Å². The number of nitrogens with two attached hydrogens (primary N) is 1. The average molecular weight is 321 g/mol. The molecule has 0 aliphatic rings. The summed E-state index contributed by atoms with van der Waals surface area (Å²) < 4.78 is 1.02. The van der Waals surface area contributed by atoms with Crippen LogP contribution in [0.15, 0.2) is 22.7 Å². The van der Waals surface area contributed by atoms with E-state index >= 15 is 0 Å². The fourth-order valence-electron chi connectivity index (χ4n) is 1.72. The lowest BCUT2D eigenvalue weighted by molar-refractivity contribution is 0.940. The number of hydrogen-bond acceptors (Lipinski definition) is 4. The van der Waals surface area contributed by atoms with Crippen LogP contribution in [0.4, 0.5) is 17.3 Å². The Labute approximate surface area is 121 Å². The molecule has 3 N–H and O–H groups in total. The van der Waals surface area contributed by atoms with E-state index in [4.69, 9.17) is 5.73 Å². The Morgan fingerprint density at radius 1 is 1.26 bits per heavy atom. The Morgan fingerprint density at radius 2 is 2.00 bits per heavy atom. The van der Waals surface area contributed by atoms with Crippen LogP contribution in [-0.2, 0) is 6.42 Å². The third-order valence-corrected chi connectivity index (χ3v) is 3.49. The van der Waals surface area contributed by atoms with Crippen molar-refractivity contribution in [3.05, 3.63) is 39.6 Å². The van der Waals surface area contributed by atoms with Gasteiger partial charge in [-0.1, -0.05) is 28.9 Å². The highest BCUT2D eigenvalue weighted by molar-refractivity contribution is 9.10. The zero-order valence-electron chi connectivity index (χ0n) is 11.3. The van der Waals surface area contributed by atoms with Crippen LogP contribution in [0.3, 0.4) is 0 Å². The lowest BCUT2D eigenvalue weighted by Gasteiger charge is -2.13. The number of halogens is 1. The van der Waals surface area contributed by atoms with Crippen LogP contribution < -0.4 is 11.1 Å². The summed E-state index contributed by atoms with van der Waals surface area (Å²) in [6.45, 7) is 5.98. The fraction of sp³-hybridized carbons (Fsp3) is 0.286. The number of aryl methyl sites for hydroxylation is 2. The largest absolute Gasteiger partial charge is 0.383 e. The second-order valence-electron chi connectivity index (χ2n) is 4.44. The van der Waals surface area contributed by atoms with Crippen molar-refractivity contribution in [3.63, 3.8) is 0 Å². The van der Waals surface area contributed by atoms with Gasteiger partial charge in [0.05, 0.1) is 0 Å². The summed E-state index contributed by atoms with van der Waals surface area (Å²) in [6, 6.07) is 6.09. The first-order chi connectivity index (χ1) is 9.01. The summed E-state index contributed by atoms with van der Waals surface area (Å²) in [5, 5.41) is 3.34. The molecule has 100 valence electrons. The molecule has 0 aliphatic carbocycles.